The second-order valence-electron chi connectivity index (χ2n) is 3.76. The van der Waals surface area contributed by atoms with E-state index in [-0.39, 0.29) is 6.04 Å². The van der Waals surface area contributed by atoms with Gasteiger partial charge in [-0.05, 0) is 24.0 Å². The van der Waals surface area contributed by atoms with Gasteiger partial charge in [-0.25, -0.2) is 0 Å². The third-order valence-corrected chi connectivity index (χ3v) is 2.37. The van der Waals surface area contributed by atoms with Crippen LogP contribution in [0.1, 0.15) is 31.9 Å². The highest BCUT2D eigenvalue weighted by Gasteiger charge is 2.10. The van der Waals surface area contributed by atoms with Crippen LogP contribution in [0.4, 0.5) is 0 Å². The maximum atomic E-state index is 6.02. The minimum Gasteiger partial charge on any atom is -0.324 e. The molecule has 0 bridgehead atoms. The molecular weight excluding hydrogens is 182 g/mol. The first-order valence-corrected chi connectivity index (χ1v) is 4.99. The summed E-state index contributed by atoms with van der Waals surface area (Å²) in [4.78, 5) is 0. The fraction of sp³-hybridized carbons (Fsp3) is 0.455. The lowest BCUT2D eigenvalue weighted by Crippen LogP contribution is -2.13. The maximum Gasteiger partial charge on any atom is 0.0453 e. The van der Waals surface area contributed by atoms with Crippen LogP contribution in [0.3, 0.4) is 0 Å². The summed E-state index contributed by atoms with van der Waals surface area (Å²) in [5, 5.41) is 0.774. The Morgan fingerprint density at radius 2 is 1.92 bits per heavy atom. The first-order chi connectivity index (χ1) is 6.11. The molecule has 0 saturated heterocycles. The van der Waals surface area contributed by atoms with Crippen LogP contribution in [-0.4, -0.2) is 0 Å². The van der Waals surface area contributed by atoms with Crippen LogP contribution in [0.25, 0.3) is 0 Å². The van der Waals surface area contributed by atoms with E-state index in [0.717, 1.165) is 17.0 Å². The lowest BCUT2D eigenvalue weighted by molar-refractivity contribution is 0.510. The van der Waals surface area contributed by atoms with Gasteiger partial charge in [0.25, 0.3) is 0 Å². The first kappa shape index (κ1) is 10.6. The molecule has 0 spiro atoms. The van der Waals surface area contributed by atoms with Gasteiger partial charge in [0.2, 0.25) is 0 Å². The van der Waals surface area contributed by atoms with Crippen molar-refractivity contribution in [1.29, 1.82) is 0 Å². The van der Waals surface area contributed by atoms with Crippen molar-refractivity contribution in [2.45, 2.75) is 26.3 Å². The Hall–Kier alpha value is -0.530. The van der Waals surface area contributed by atoms with Gasteiger partial charge in [0, 0.05) is 11.1 Å². The lowest BCUT2D eigenvalue weighted by atomic mass is 9.98. The van der Waals surface area contributed by atoms with Crippen molar-refractivity contribution in [3.63, 3.8) is 0 Å². The standard InChI is InChI=1S/C11H16ClN/c1-8(2)7-11(13)9-5-3-4-6-10(9)12/h3-6,8,11H,7,13H2,1-2H3. The van der Waals surface area contributed by atoms with Crippen molar-refractivity contribution in [3.05, 3.63) is 34.9 Å². The van der Waals surface area contributed by atoms with Crippen LogP contribution >= 0.6 is 11.6 Å². The van der Waals surface area contributed by atoms with Gasteiger partial charge < -0.3 is 5.73 Å². The molecular formula is C11H16ClN. The molecule has 0 aliphatic rings. The fourth-order valence-electron chi connectivity index (χ4n) is 1.41. The van der Waals surface area contributed by atoms with Crippen molar-refractivity contribution >= 4 is 11.6 Å². The van der Waals surface area contributed by atoms with Crippen LogP contribution in [0.15, 0.2) is 24.3 Å². The molecule has 1 unspecified atom stereocenters. The van der Waals surface area contributed by atoms with Crippen LogP contribution in [0.5, 0.6) is 0 Å². The Balaban J connectivity index is 2.76. The Bertz CT molecular complexity index is 271. The van der Waals surface area contributed by atoms with Crippen LogP contribution in [0.2, 0.25) is 5.02 Å². The Kier molecular flexibility index (Phi) is 3.76. The number of benzene rings is 1. The highest BCUT2D eigenvalue weighted by molar-refractivity contribution is 6.31. The molecule has 0 amide bonds. The van der Waals surface area contributed by atoms with Gasteiger partial charge in [-0.2, -0.15) is 0 Å². The summed E-state index contributed by atoms with van der Waals surface area (Å²) in [7, 11) is 0. The minimum absolute atomic E-state index is 0.0636. The largest absolute Gasteiger partial charge is 0.324 e. The Morgan fingerprint density at radius 1 is 1.31 bits per heavy atom. The molecule has 2 N–H and O–H groups in total. The third kappa shape index (κ3) is 3.02. The fourth-order valence-corrected chi connectivity index (χ4v) is 1.69. The third-order valence-electron chi connectivity index (χ3n) is 2.03. The molecule has 72 valence electrons. The van der Waals surface area contributed by atoms with Crippen molar-refractivity contribution in [1.82, 2.24) is 0 Å². The zero-order chi connectivity index (χ0) is 9.84. The average molecular weight is 198 g/mol. The second kappa shape index (κ2) is 4.64. The van der Waals surface area contributed by atoms with Gasteiger partial charge in [-0.3, -0.25) is 0 Å². The quantitative estimate of drug-likeness (QED) is 0.790. The van der Waals surface area contributed by atoms with E-state index in [0.29, 0.717) is 5.92 Å². The zero-order valence-electron chi connectivity index (χ0n) is 8.13. The number of nitrogens with two attached hydrogens (primary N) is 1. The summed E-state index contributed by atoms with van der Waals surface area (Å²) >= 11 is 6.02. The molecule has 13 heavy (non-hydrogen) atoms. The number of hydrogen-bond acceptors (Lipinski definition) is 1. The van der Waals surface area contributed by atoms with E-state index in [1.807, 2.05) is 24.3 Å². The highest BCUT2D eigenvalue weighted by atomic mass is 35.5. The second-order valence-corrected chi connectivity index (χ2v) is 4.16. The van der Waals surface area contributed by atoms with Gasteiger partial charge in [0.05, 0.1) is 0 Å². The number of hydrogen-bond donors (Lipinski definition) is 1. The zero-order valence-corrected chi connectivity index (χ0v) is 8.88. The summed E-state index contributed by atoms with van der Waals surface area (Å²) in [6.07, 6.45) is 0.976. The van der Waals surface area contributed by atoms with Gasteiger partial charge >= 0.3 is 0 Å². The Morgan fingerprint density at radius 3 is 2.46 bits per heavy atom. The minimum atomic E-state index is 0.0636. The highest BCUT2D eigenvalue weighted by Crippen LogP contribution is 2.25. The van der Waals surface area contributed by atoms with E-state index in [2.05, 4.69) is 13.8 Å². The molecule has 1 nitrogen and oxygen atoms in total. The van der Waals surface area contributed by atoms with Crippen LogP contribution in [0, 0.1) is 5.92 Å². The number of rotatable bonds is 3. The lowest BCUT2D eigenvalue weighted by Gasteiger charge is -2.15. The monoisotopic (exact) mass is 197 g/mol. The van der Waals surface area contributed by atoms with Crippen molar-refractivity contribution in [2.75, 3.05) is 0 Å². The summed E-state index contributed by atoms with van der Waals surface area (Å²) < 4.78 is 0. The molecule has 1 aromatic rings. The predicted octanol–water partition coefficient (Wildman–Crippen LogP) is 3.39. The maximum absolute atomic E-state index is 6.02. The van der Waals surface area contributed by atoms with E-state index in [4.69, 9.17) is 17.3 Å². The van der Waals surface area contributed by atoms with E-state index >= 15 is 0 Å². The summed E-state index contributed by atoms with van der Waals surface area (Å²) in [5.41, 5.74) is 7.07. The number of halogens is 1. The van der Waals surface area contributed by atoms with Gasteiger partial charge in [0.1, 0.15) is 0 Å². The average Bonchev–Trinajstić information content (AvgIpc) is 2.03. The molecule has 0 aliphatic heterocycles. The van der Waals surface area contributed by atoms with Crippen molar-refractivity contribution < 1.29 is 0 Å². The van der Waals surface area contributed by atoms with Gasteiger partial charge in [-0.1, -0.05) is 43.6 Å². The van der Waals surface area contributed by atoms with Crippen LogP contribution in [-0.2, 0) is 0 Å². The molecule has 0 radical (unpaired) electrons. The smallest absolute Gasteiger partial charge is 0.0453 e. The molecule has 2 heteroatoms. The van der Waals surface area contributed by atoms with E-state index in [1.165, 1.54) is 0 Å². The van der Waals surface area contributed by atoms with Gasteiger partial charge in [-0.15, -0.1) is 0 Å². The molecule has 1 atom stereocenters. The first-order valence-electron chi connectivity index (χ1n) is 4.61. The SMILES string of the molecule is CC(C)CC(N)c1ccccc1Cl. The normalized spacial score (nSPS) is 13.3. The summed E-state index contributed by atoms with van der Waals surface area (Å²) in [6.45, 7) is 4.33. The predicted molar refractivity (Wildman–Crippen MR) is 57.8 cm³/mol. The molecule has 0 heterocycles. The molecule has 0 aliphatic carbocycles. The summed E-state index contributed by atoms with van der Waals surface area (Å²) in [6, 6.07) is 7.84. The van der Waals surface area contributed by atoms with Crippen molar-refractivity contribution in [2.24, 2.45) is 11.7 Å². The Labute approximate surface area is 84.9 Å². The van der Waals surface area contributed by atoms with Crippen molar-refractivity contribution in [3.8, 4) is 0 Å². The molecule has 1 rings (SSSR count). The summed E-state index contributed by atoms with van der Waals surface area (Å²) in [5.74, 6) is 0.603. The van der Waals surface area contributed by atoms with Crippen LogP contribution < -0.4 is 5.73 Å². The molecule has 0 fully saturated rings. The topological polar surface area (TPSA) is 26.0 Å². The van der Waals surface area contributed by atoms with E-state index < -0.39 is 0 Å². The van der Waals surface area contributed by atoms with E-state index in [1.54, 1.807) is 0 Å². The van der Waals surface area contributed by atoms with Gasteiger partial charge in [0.15, 0.2) is 0 Å². The van der Waals surface area contributed by atoms with E-state index in [9.17, 15) is 0 Å². The molecule has 0 saturated carbocycles. The molecule has 0 aromatic heterocycles. The molecule has 1 aromatic carbocycles.